The normalized spacial score (nSPS) is 12.7. The van der Waals surface area contributed by atoms with Crippen molar-refractivity contribution in [1.82, 2.24) is 4.98 Å². The van der Waals surface area contributed by atoms with Gasteiger partial charge in [0.15, 0.2) is 5.76 Å². The van der Waals surface area contributed by atoms with E-state index in [1.165, 1.54) is 0 Å². The zero-order chi connectivity index (χ0) is 10.8. The SMILES string of the molecule is CC(N)c1ncc(-c2cccc(Cl)c2)o1. The smallest absolute Gasteiger partial charge is 0.211 e. The Morgan fingerprint density at radius 1 is 1.47 bits per heavy atom. The lowest BCUT2D eigenvalue weighted by atomic mass is 10.2. The average molecular weight is 223 g/mol. The maximum absolute atomic E-state index is 5.88. The molecule has 3 nitrogen and oxygen atoms in total. The maximum Gasteiger partial charge on any atom is 0.211 e. The topological polar surface area (TPSA) is 52.0 Å². The van der Waals surface area contributed by atoms with Crippen LogP contribution in [0.2, 0.25) is 5.02 Å². The molecule has 2 N–H and O–H groups in total. The van der Waals surface area contributed by atoms with Crippen molar-refractivity contribution in [2.45, 2.75) is 13.0 Å². The quantitative estimate of drug-likeness (QED) is 0.850. The molecule has 4 heteroatoms. The standard InChI is InChI=1S/C11H11ClN2O/c1-7(13)11-14-6-10(15-11)8-3-2-4-9(12)5-8/h2-7H,13H2,1H3. The molecule has 0 spiro atoms. The third-order valence-electron chi connectivity index (χ3n) is 2.02. The first-order valence-corrected chi connectivity index (χ1v) is 5.02. The molecular formula is C11H11ClN2O. The number of hydrogen-bond donors (Lipinski definition) is 1. The summed E-state index contributed by atoms with van der Waals surface area (Å²) < 4.78 is 5.49. The lowest BCUT2D eigenvalue weighted by molar-refractivity contribution is 0.473. The van der Waals surface area contributed by atoms with E-state index in [1.54, 1.807) is 6.20 Å². The number of oxazole rings is 1. The van der Waals surface area contributed by atoms with Crippen LogP contribution in [0.5, 0.6) is 0 Å². The van der Waals surface area contributed by atoms with Gasteiger partial charge in [0.25, 0.3) is 0 Å². The van der Waals surface area contributed by atoms with Gasteiger partial charge in [0.1, 0.15) is 0 Å². The van der Waals surface area contributed by atoms with Gasteiger partial charge in [-0.1, -0.05) is 23.7 Å². The minimum atomic E-state index is -0.196. The van der Waals surface area contributed by atoms with Crippen molar-refractivity contribution in [1.29, 1.82) is 0 Å². The number of hydrogen-bond acceptors (Lipinski definition) is 3. The molecule has 0 bridgehead atoms. The van der Waals surface area contributed by atoms with Crippen LogP contribution < -0.4 is 5.73 Å². The van der Waals surface area contributed by atoms with Gasteiger partial charge >= 0.3 is 0 Å². The molecule has 0 saturated heterocycles. The third kappa shape index (κ3) is 2.19. The number of halogens is 1. The Labute approximate surface area is 92.9 Å². The van der Waals surface area contributed by atoms with Crippen molar-refractivity contribution in [2.24, 2.45) is 5.73 Å². The Kier molecular flexibility index (Phi) is 2.75. The van der Waals surface area contributed by atoms with Crippen molar-refractivity contribution in [3.8, 4) is 11.3 Å². The van der Waals surface area contributed by atoms with E-state index >= 15 is 0 Å². The van der Waals surface area contributed by atoms with Crippen LogP contribution in [0.15, 0.2) is 34.9 Å². The predicted molar refractivity (Wildman–Crippen MR) is 59.6 cm³/mol. The fourth-order valence-corrected chi connectivity index (χ4v) is 1.46. The summed E-state index contributed by atoms with van der Waals surface area (Å²) in [7, 11) is 0. The highest BCUT2D eigenvalue weighted by atomic mass is 35.5. The van der Waals surface area contributed by atoms with E-state index in [1.807, 2.05) is 31.2 Å². The van der Waals surface area contributed by atoms with Crippen LogP contribution in [0.1, 0.15) is 18.9 Å². The van der Waals surface area contributed by atoms with Crippen LogP contribution in [-0.4, -0.2) is 4.98 Å². The van der Waals surface area contributed by atoms with E-state index in [9.17, 15) is 0 Å². The first-order chi connectivity index (χ1) is 7.16. The Morgan fingerprint density at radius 3 is 2.87 bits per heavy atom. The number of aromatic nitrogens is 1. The van der Waals surface area contributed by atoms with Gasteiger partial charge in [-0.15, -0.1) is 0 Å². The summed E-state index contributed by atoms with van der Waals surface area (Å²) in [6, 6.07) is 7.22. The summed E-state index contributed by atoms with van der Waals surface area (Å²) in [4.78, 5) is 4.09. The molecule has 2 rings (SSSR count). The second kappa shape index (κ2) is 4.04. The van der Waals surface area contributed by atoms with Crippen molar-refractivity contribution < 1.29 is 4.42 Å². The van der Waals surface area contributed by atoms with E-state index < -0.39 is 0 Å². The highest BCUT2D eigenvalue weighted by Crippen LogP contribution is 2.24. The number of rotatable bonds is 2. The van der Waals surface area contributed by atoms with Gasteiger partial charge in [-0.05, 0) is 19.1 Å². The lowest BCUT2D eigenvalue weighted by Crippen LogP contribution is -2.04. The molecule has 0 aliphatic heterocycles. The molecule has 0 aliphatic rings. The van der Waals surface area contributed by atoms with Gasteiger partial charge < -0.3 is 10.2 Å². The summed E-state index contributed by atoms with van der Waals surface area (Å²) in [5.41, 5.74) is 6.56. The molecular weight excluding hydrogens is 212 g/mol. The molecule has 1 unspecified atom stereocenters. The highest BCUT2D eigenvalue weighted by molar-refractivity contribution is 6.30. The maximum atomic E-state index is 5.88. The number of benzene rings is 1. The molecule has 0 saturated carbocycles. The highest BCUT2D eigenvalue weighted by Gasteiger charge is 2.09. The fourth-order valence-electron chi connectivity index (χ4n) is 1.27. The first kappa shape index (κ1) is 10.2. The van der Waals surface area contributed by atoms with Gasteiger partial charge in [-0.3, -0.25) is 0 Å². The van der Waals surface area contributed by atoms with Crippen LogP contribution in [-0.2, 0) is 0 Å². The Morgan fingerprint density at radius 2 is 2.27 bits per heavy atom. The zero-order valence-corrected chi connectivity index (χ0v) is 9.03. The minimum absolute atomic E-state index is 0.196. The van der Waals surface area contributed by atoms with E-state index in [-0.39, 0.29) is 6.04 Å². The van der Waals surface area contributed by atoms with E-state index in [0.717, 1.165) is 5.56 Å². The van der Waals surface area contributed by atoms with Crippen molar-refractivity contribution in [3.05, 3.63) is 41.4 Å². The molecule has 78 valence electrons. The third-order valence-corrected chi connectivity index (χ3v) is 2.26. The second-order valence-corrected chi connectivity index (χ2v) is 3.80. The van der Waals surface area contributed by atoms with E-state index in [4.69, 9.17) is 21.8 Å². The van der Waals surface area contributed by atoms with Crippen LogP contribution in [0.25, 0.3) is 11.3 Å². The van der Waals surface area contributed by atoms with Crippen LogP contribution in [0.4, 0.5) is 0 Å². The monoisotopic (exact) mass is 222 g/mol. The van der Waals surface area contributed by atoms with Crippen molar-refractivity contribution >= 4 is 11.6 Å². The summed E-state index contributed by atoms with van der Waals surface area (Å²) >= 11 is 5.88. The molecule has 1 aromatic carbocycles. The molecule has 0 radical (unpaired) electrons. The molecule has 1 aromatic heterocycles. The van der Waals surface area contributed by atoms with Gasteiger partial charge in [-0.25, -0.2) is 4.98 Å². The lowest BCUT2D eigenvalue weighted by Gasteiger charge is -1.98. The van der Waals surface area contributed by atoms with Crippen molar-refractivity contribution in [2.75, 3.05) is 0 Å². The summed E-state index contributed by atoms with van der Waals surface area (Å²) in [5.74, 6) is 1.22. The minimum Gasteiger partial charge on any atom is -0.439 e. The van der Waals surface area contributed by atoms with Gasteiger partial charge in [0.2, 0.25) is 5.89 Å². The van der Waals surface area contributed by atoms with Gasteiger partial charge in [0, 0.05) is 10.6 Å². The van der Waals surface area contributed by atoms with Crippen LogP contribution in [0.3, 0.4) is 0 Å². The molecule has 15 heavy (non-hydrogen) atoms. The van der Waals surface area contributed by atoms with Gasteiger partial charge in [0.05, 0.1) is 12.2 Å². The number of nitrogens with zero attached hydrogens (tertiary/aromatic N) is 1. The Balaban J connectivity index is 2.37. The van der Waals surface area contributed by atoms with Crippen LogP contribution in [0, 0.1) is 0 Å². The zero-order valence-electron chi connectivity index (χ0n) is 8.27. The predicted octanol–water partition coefficient (Wildman–Crippen LogP) is 3.01. The summed E-state index contributed by atoms with van der Waals surface area (Å²) in [6.45, 7) is 1.83. The molecule has 1 heterocycles. The van der Waals surface area contributed by atoms with Crippen molar-refractivity contribution in [3.63, 3.8) is 0 Å². The molecule has 0 amide bonds. The Hall–Kier alpha value is -1.32. The number of nitrogens with two attached hydrogens (primary N) is 1. The molecule has 0 fully saturated rings. The molecule has 2 aromatic rings. The van der Waals surface area contributed by atoms with Crippen LogP contribution >= 0.6 is 11.6 Å². The average Bonchev–Trinajstić information content (AvgIpc) is 2.66. The summed E-state index contributed by atoms with van der Waals surface area (Å²) in [6.07, 6.45) is 1.66. The second-order valence-electron chi connectivity index (χ2n) is 3.36. The first-order valence-electron chi connectivity index (χ1n) is 4.64. The largest absolute Gasteiger partial charge is 0.439 e. The molecule has 1 atom stereocenters. The fraction of sp³-hybridized carbons (Fsp3) is 0.182. The van der Waals surface area contributed by atoms with Gasteiger partial charge in [-0.2, -0.15) is 0 Å². The van der Waals surface area contributed by atoms with E-state index in [2.05, 4.69) is 4.98 Å². The Bertz CT molecular complexity index is 465. The summed E-state index contributed by atoms with van der Waals surface area (Å²) in [5, 5.41) is 0.672. The molecule has 0 aliphatic carbocycles. The van der Waals surface area contributed by atoms with E-state index in [0.29, 0.717) is 16.7 Å².